The van der Waals surface area contributed by atoms with E-state index >= 15 is 0 Å². The zero-order chi connectivity index (χ0) is 14.9. The van der Waals surface area contributed by atoms with Crippen LogP contribution < -0.4 is 10.1 Å². The highest BCUT2D eigenvalue weighted by atomic mass is 35.5. The quantitative estimate of drug-likeness (QED) is 0.590. The van der Waals surface area contributed by atoms with Crippen molar-refractivity contribution in [1.82, 2.24) is 5.32 Å². The van der Waals surface area contributed by atoms with E-state index in [-0.39, 0.29) is 6.79 Å². The first-order chi connectivity index (χ1) is 10.3. The van der Waals surface area contributed by atoms with Gasteiger partial charge in [-0.2, -0.15) is 0 Å². The third kappa shape index (κ3) is 5.05. The number of rotatable bonds is 8. The van der Waals surface area contributed by atoms with Crippen LogP contribution in [0.2, 0.25) is 5.02 Å². The number of benzene rings is 2. The van der Waals surface area contributed by atoms with Gasteiger partial charge in [0.15, 0.2) is 6.79 Å². The van der Waals surface area contributed by atoms with E-state index in [0.717, 1.165) is 23.4 Å². The summed E-state index contributed by atoms with van der Waals surface area (Å²) < 4.78 is 11.2. The van der Waals surface area contributed by atoms with E-state index in [1.807, 2.05) is 48.5 Å². The van der Waals surface area contributed by atoms with Gasteiger partial charge < -0.3 is 14.8 Å². The molecule has 0 aliphatic heterocycles. The molecule has 1 N–H and O–H groups in total. The lowest BCUT2D eigenvalue weighted by atomic mass is 10.2. The van der Waals surface area contributed by atoms with Gasteiger partial charge in [-0.15, -0.1) is 0 Å². The molecule has 0 heterocycles. The van der Waals surface area contributed by atoms with Crippen molar-refractivity contribution < 1.29 is 9.47 Å². The number of hydrogen-bond acceptors (Lipinski definition) is 3. The Labute approximate surface area is 130 Å². The number of ether oxygens (including phenoxy) is 2. The normalized spacial score (nSPS) is 10.6. The Kier molecular flexibility index (Phi) is 6.54. The number of halogens is 1. The average molecular weight is 306 g/mol. The number of nitrogens with one attached hydrogen (secondary N) is 1. The van der Waals surface area contributed by atoms with Crippen LogP contribution >= 0.6 is 11.6 Å². The Morgan fingerprint density at radius 2 is 1.86 bits per heavy atom. The Balaban J connectivity index is 1.86. The average Bonchev–Trinajstić information content (AvgIpc) is 2.52. The van der Waals surface area contributed by atoms with Gasteiger partial charge in [0, 0.05) is 17.1 Å². The molecule has 0 aromatic heterocycles. The summed E-state index contributed by atoms with van der Waals surface area (Å²) in [5, 5.41) is 3.96. The van der Waals surface area contributed by atoms with E-state index in [1.54, 1.807) is 0 Å². The van der Waals surface area contributed by atoms with E-state index in [9.17, 15) is 0 Å². The van der Waals surface area contributed by atoms with E-state index in [2.05, 4.69) is 12.2 Å². The van der Waals surface area contributed by atoms with Crippen molar-refractivity contribution in [3.8, 4) is 5.75 Å². The maximum absolute atomic E-state index is 6.21. The molecule has 0 unspecified atom stereocenters. The van der Waals surface area contributed by atoms with Crippen molar-refractivity contribution in [3.05, 3.63) is 64.7 Å². The monoisotopic (exact) mass is 305 g/mol. The minimum atomic E-state index is 0.203. The molecule has 0 aliphatic rings. The molecule has 0 bridgehead atoms. The molecule has 21 heavy (non-hydrogen) atoms. The molecule has 0 amide bonds. The third-order valence-corrected chi connectivity index (χ3v) is 3.39. The SMILES string of the molecule is CCNCc1c(Cl)cccc1OCOCc1ccccc1. The van der Waals surface area contributed by atoms with Crippen LogP contribution in [0.15, 0.2) is 48.5 Å². The summed E-state index contributed by atoms with van der Waals surface area (Å²) in [7, 11) is 0. The predicted octanol–water partition coefficient (Wildman–Crippen LogP) is 4.00. The summed E-state index contributed by atoms with van der Waals surface area (Å²) in [6, 6.07) is 15.7. The summed E-state index contributed by atoms with van der Waals surface area (Å²) in [5.41, 5.74) is 2.09. The molecule has 112 valence electrons. The summed E-state index contributed by atoms with van der Waals surface area (Å²) in [4.78, 5) is 0. The van der Waals surface area contributed by atoms with Crippen molar-refractivity contribution in [2.45, 2.75) is 20.1 Å². The first-order valence-electron chi connectivity index (χ1n) is 7.04. The minimum absolute atomic E-state index is 0.203. The minimum Gasteiger partial charge on any atom is -0.467 e. The maximum atomic E-state index is 6.21. The van der Waals surface area contributed by atoms with Crippen LogP contribution in [-0.2, 0) is 17.9 Å². The van der Waals surface area contributed by atoms with Gasteiger partial charge in [0.05, 0.1) is 6.61 Å². The summed E-state index contributed by atoms with van der Waals surface area (Å²) in [5.74, 6) is 0.761. The fraction of sp³-hybridized carbons (Fsp3) is 0.294. The van der Waals surface area contributed by atoms with Crippen LogP contribution in [-0.4, -0.2) is 13.3 Å². The van der Waals surface area contributed by atoms with Gasteiger partial charge in [-0.05, 0) is 24.2 Å². The van der Waals surface area contributed by atoms with Crippen LogP contribution in [0.3, 0.4) is 0 Å². The van der Waals surface area contributed by atoms with E-state index < -0.39 is 0 Å². The van der Waals surface area contributed by atoms with E-state index in [0.29, 0.717) is 18.2 Å². The molecule has 0 aliphatic carbocycles. The fourth-order valence-electron chi connectivity index (χ4n) is 1.93. The van der Waals surface area contributed by atoms with E-state index in [1.165, 1.54) is 0 Å². The summed E-state index contributed by atoms with van der Waals surface area (Å²) >= 11 is 6.21. The number of hydrogen-bond donors (Lipinski definition) is 1. The summed E-state index contributed by atoms with van der Waals surface area (Å²) in [6.45, 7) is 4.36. The Morgan fingerprint density at radius 1 is 1.05 bits per heavy atom. The lowest BCUT2D eigenvalue weighted by Crippen LogP contribution is -2.14. The van der Waals surface area contributed by atoms with Gasteiger partial charge in [0.25, 0.3) is 0 Å². The molecular weight excluding hydrogens is 286 g/mol. The molecule has 0 atom stereocenters. The molecule has 0 saturated carbocycles. The topological polar surface area (TPSA) is 30.5 Å². The van der Waals surface area contributed by atoms with Gasteiger partial charge in [0.2, 0.25) is 0 Å². The molecule has 2 aromatic carbocycles. The maximum Gasteiger partial charge on any atom is 0.189 e. The molecule has 2 rings (SSSR count). The van der Waals surface area contributed by atoms with Crippen LogP contribution in [0, 0.1) is 0 Å². The second-order valence-corrected chi connectivity index (χ2v) is 5.00. The first kappa shape index (κ1) is 15.8. The third-order valence-electron chi connectivity index (χ3n) is 3.04. The van der Waals surface area contributed by atoms with Gasteiger partial charge >= 0.3 is 0 Å². The van der Waals surface area contributed by atoms with Gasteiger partial charge in [-0.1, -0.05) is 54.9 Å². The van der Waals surface area contributed by atoms with Crippen molar-refractivity contribution in [3.63, 3.8) is 0 Å². The Morgan fingerprint density at radius 3 is 2.62 bits per heavy atom. The Bertz CT molecular complexity index is 546. The largest absolute Gasteiger partial charge is 0.467 e. The van der Waals surface area contributed by atoms with Crippen molar-refractivity contribution >= 4 is 11.6 Å². The highest BCUT2D eigenvalue weighted by molar-refractivity contribution is 6.31. The zero-order valence-electron chi connectivity index (χ0n) is 12.1. The van der Waals surface area contributed by atoms with Gasteiger partial charge in [-0.25, -0.2) is 0 Å². The van der Waals surface area contributed by atoms with Crippen LogP contribution in [0.4, 0.5) is 0 Å². The standard InChI is InChI=1S/C17H20ClNO2/c1-2-19-11-15-16(18)9-6-10-17(15)21-13-20-12-14-7-4-3-5-8-14/h3-10,19H,2,11-13H2,1H3. The highest BCUT2D eigenvalue weighted by Crippen LogP contribution is 2.26. The molecule has 0 spiro atoms. The van der Waals surface area contributed by atoms with Crippen molar-refractivity contribution in [2.75, 3.05) is 13.3 Å². The van der Waals surface area contributed by atoms with Crippen LogP contribution in [0.25, 0.3) is 0 Å². The predicted molar refractivity (Wildman–Crippen MR) is 85.6 cm³/mol. The molecule has 2 aromatic rings. The van der Waals surface area contributed by atoms with Crippen LogP contribution in [0.5, 0.6) is 5.75 Å². The molecule has 0 fully saturated rings. The highest BCUT2D eigenvalue weighted by Gasteiger charge is 2.07. The van der Waals surface area contributed by atoms with E-state index in [4.69, 9.17) is 21.1 Å². The van der Waals surface area contributed by atoms with Crippen molar-refractivity contribution in [1.29, 1.82) is 0 Å². The lowest BCUT2D eigenvalue weighted by molar-refractivity contribution is 0.00450. The molecule has 0 saturated heterocycles. The second-order valence-electron chi connectivity index (χ2n) is 4.59. The molecule has 4 heteroatoms. The molecule has 3 nitrogen and oxygen atoms in total. The van der Waals surface area contributed by atoms with Crippen molar-refractivity contribution in [2.24, 2.45) is 0 Å². The second kappa shape index (κ2) is 8.67. The lowest BCUT2D eigenvalue weighted by Gasteiger charge is -2.13. The molecule has 0 radical (unpaired) electrons. The summed E-state index contributed by atoms with van der Waals surface area (Å²) in [6.07, 6.45) is 0. The first-order valence-corrected chi connectivity index (χ1v) is 7.41. The Hall–Kier alpha value is -1.55. The fourth-order valence-corrected chi connectivity index (χ4v) is 2.17. The van der Waals surface area contributed by atoms with Crippen LogP contribution in [0.1, 0.15) is 18.1 Å². The van der Waals surface area contributed by atoms with Gasteiger partial charge in [-0.3, -0.25) is 0 Å². The zero-order valence-corrected chi connectivity index (χ0v) is 12.9. The van der Waals surface area contributed by atoms with Gasteiger partial charge in [0.1, 0.15) is 5.75 Å². The smallest absolute Gasteiger partial charge is 0.189 e. The molecular formula is C17H20ClNO2.